The molecule has 2 rings (SSSR count). The number of aliphatic hydroxyl groups is 2. The fourth-order valence-electron chi connectivity index (χ4n) is 3.33. The molecule has 0 saturated carbocycles. The van der Waals surface area contributed by atoms with Crippen molar-refractivity contribution in [2.24, 2.45) is 11.8 Å². The number of ether oxygens (including phenoxy) is 2. The molecule has 0 bridgehead atoms. The molecule has 1 unspecified atom stereocenters. The Kier molecular flexibility index (Phi) is 10.6. The van der Waals surface area contributed by atoms with Crippen molar-refractivity contribution in [1.29, 1.82) is 0 Å². The van der Waals surface area contributed by atoms with Gasteiger partial charge >= 0.3 is 0 Å². The zero-order valence-electron chi connectivity index (χ0n) is 18.5. The van der Waals surface area contributed by atoms with Gasteiger partial charge in [0.05, 0.1) is 25.4 Å². The van der Waals surface area contributed by atoms with Crippen LogP contribution in [0.3, 0.4) is 0 Å². The van der Waals surface area contributed by atoms with Gasteiger partial charge in [0, 0.05) is 26.2 Å². The quantitative estimate of drug-likeness (QED) is 0.472. The molecule has 170 valence electrons. The molecule has 0 aliphatic carbocycles. The molecule has 1 heterocycles. The van der Waals surface area contributed by atoms with Crippen molar-refractivity contribution in [3.8, 4) is 5.75 Å². The van der Waals surface area contributed by atoms with Crippen LogP contribution in [0.5, 0.6) is 5.75 Å². The number of hydrogen-bond donors (Lipinski definition) is 3. The van der Waals surface area contributed by atoms with Gasteiger partial charge in [0.25, 0.3) is 5.91 Å². The Morgan fingerprint density at radius 3 is 2.30 bits per heavy atom. The summed E-state index contributed by atoms with van der Waals surface area (Å²) in [4.78, 5) is 13.9. The maximum Gasteiger partial charge on any atom is 0.260 e. The average molecular weight is 423 g/mol. The highest BCUT2D eigenvalue weighted by Gasteiger charge is 2.18. The molecule has 0 aromatic heterocycles. The van der Waals surface area contributed by atoms with E-state index >= 15 is 0 Å². The Morgan fingerprint density at radius 2 is 1.70 bits per heavy atom. The maximum absolute atomic E-state index is 12.1. The van der Waals surface area contributed by atoms with Crippen LogP contribution < -0.4 is 10.1 Å². The third kappa shape index (κ3) is 8.22. The van der Waals surface area contributed by atoms with Crippen molar-refractivity contribution in [3.05, 3.63) is 29.8 Å². The van der Waals surface area contributed by atoms with Crippen LogP contribution in [0, 0.1) is 11.8 Å². The van der Waals surface area contributed by atoms with E-state index in [-0.39, 0.29) is 30.5 Å². The summed E-state index contributed by atoms with van der Waals surface area (Å²) in [5.41, 5.74) is 1.10. The Hall–Kier alpha value is -1.67. The van der Waals surface area contributed by atoms with Gasteiger partial charge in [-0.1, -0.05) is 39.3 Å². The number of nitrogens with one attached hydrogen (secondary N) is 1. The van der Waals surface area contributed by atoms with Gasteiger partial charge in [-0.3, -0.25) is 4.79 Å². The second-order valence-corrected chi connectivity index (χ2v) is 8.29. The van der Waals surface area contributed by atoms with E-state index in [4.69, 9.17) is 9.47 Å². The lowest BCUT2D eigenvalue weighted by Gasteiger charge is -2.26. The molecule has 1 aromatic carbocycles. The monoisotopic (exact) mass is 422 g/mol. The predicted octanol–water partition coefficient (Wildman–Crippen LogP) is 1.46. The van der Waals surface area contributed by atoms with Crippen molar-refractivity contribution in [3.63, 3.8) is 0 Å². The van der Waals surface area contributed by atoms with Crippen LogP contribution in [0.1, 0.15) is 32.8 Å². The molecule has 30 heavy (non-hydrogen) atoms. The van der Waals surface area contributed by atoms with Crippen LogP contribution in [0.15, 0.2) is 24.3 Å². The molecule has 4 atom stereocenters. The first-order valence-corrected chi connectivity index (χ1v) is 11.0. The number of nitrogens with zero attached hydrogens (tertiary/aromatic N) is 1. The fraction of sp³-hybridized carbons (Fsp3) is 0.696. The minimum absolute atomic E-state index is 0.0231. The molecular formula is C23H38N2O5. The summed E-state index contributed by atoms with van der Waals surface area (Å²) in [5, 5.41) is 23.6. The van der Waals surface area contributed by atoms with Gasteiger partial charge in [-0.05, 0) is 36.0 Å². The Morgan fingerprint density at radius 1 is 1.10 bits per heavy atom. The summed E-state index contributed by atoms with van der Waals surface area (Å²) in [7, 11) is 0. The summed E-state index contributed by atoms with van der Waals surface area (Å²) >= 11 is 0. The first kappa shape index (κ1) is 24.6. The highest BCUT2D eigenvalue weighted by molar-refractivity contribution is 5.77. The average Bonchev–Trinajstić information content (AvgIpc) is 2.78. The van der Waals surface area contributed by atoms with Crippen LogP contribution in [-0.4, -0.2) is 79.2 Å². The molecule has 3 N–H and O–H groups in total. The number of carbonyl (C=O) groups is 1. The molecule has 0 radical (unpaired) electrons. The smallest absolute Gasteiger partial charge is 0.260 e. The third-order valence-electron chi connectivity index (χ3n) is 5.87. The highest BCUT2D eigenvalue weighted by Crippen LogP contribution is 2.17. The fourth-order valence-corrected chi connectivity index (χ4v) is 3.33. The Balaban J connectivity index is 1.70. The lowest BCUT2D eigenvalue weighted by atomic mass is 9.95. The lowest BCUT2D eigenvalue weighted by Crippen LogP contribution is -2.42. The normalized spacial score (nSPS) is 18.5. The predicted molar refractivity (Wildman–Crippen MR) is 117 cm³/mol. The number of amides is 1. The first-order chi connectivity index (χ1) is 14.4. The van der Waals surface area contributed by atoms with Gasteiger partial charge in [0.1, 0.15) is 5.75 Å². The third-order valence-corrected chi connectivity index (χ3v) is 5.87. The van der Waals surface area contributed by atoms with Gasteiger partial charge < -0.3 is 29.9 Å². The van der Waals surface area contributed by atoms with Gasteiger partial charge in [-0.2, -0.15) is 0 Å². The molecule has 1 aliphatic heterocycles. The molecule has 1 saturated heterocycles. The minimum Gasteiger partial charge on any atom is -0.484 e. The SMILES string of the molecule is CC[C@H](C)[C@H](O)CNC[C@@H](O)C(C)Cc1ccc(OCC(=O)N2CCOCC2)cc1. The van der Waals surface area contributed by atoms with Crippen molar-refractivity contribution < 1.29 is 24.5 Å². The maximum atomic E-state index is 12.1. The zero-order chi connectivity index (χ0) is 21.9. The van der Waals surface area contributed by atoms with Crippen molar-refractivity contribution in [2.75, 3.05) is 46.0 Å². The Bertz CT molecular complexity index is 619. The topological polar surface area (TPSA) is 91.3 Å². The molecule has 7 heteroatoms. The number of rotatable bonds is 12. The molecule has 0 spiro atoms. The number of hydrogen-bond acceptors (Lipinski definition) is 6. The second-order valence-electron chi connectivity index (χ2n) is 8.29. The van der Waals surface area contributed by atoms with Gasteiger partial charge in [0.15, 0.2) is 6.61 Å². The van der Waals surface area contributed by atoms with E-state index in [0.717, 1.165) is 18.4 Å². The second kappa shape index (κ2) is 12.9. The van der Waals surface area contributed by atoms with Crippen LogP contribution >= 0.6 is 0 Å². The highest BCUT2D eigenvalue weighted by atomic mass is 16.5. The number of morpholine rings is 1. The van der Waals surface area contributed by atoms with E-state index in [0.29, 0.717) is 45.1 Å². The van der Waals surface area contributed by atoms with E-state index in [1.165, 1.54) is 0 Å². The molecule has 7 nitrogen and oxygen atoms in total. The van der Waals surface area contributed by atoms with E-state index in [1.807, 2.05) is 38.1 Å². The van der Waals surface area contributed by atoms with Gasteiger partial charge in [0.2, 0.25) is 0 Å². The minimum atomic E-state index is -0.490. The van der Waals surface area contributed by atoms with Crippen LogP contribution in [0.25, 0.3) is 0 Å². The summed E-state index contributed by atoms with van der Waals surface area (Å²) in [6.07, 6.45) is 0.795. The van der Waals surface area contributed by atoms with E-state index < -0.39 is 6.10 Å². The van der Waals surface area contributed by atoms with Crippen LogP contribution in [0.2, 0.25) is 0 Å². The van der Waals surface area contributed by atoms with Crippen molar-refractivity contribution >= 4 is 5.91 Å². The summed E-state index contributed by atoms with van der Waals surface area (Å²) in [6.45, 7) is 9.48. The molecular weight excluding hydrogens is 384 g/mol. The van der Waals surface area contributed by atoms with E-state index in [1.54, 1.807) is 4.90 Å². The van der Waals surface area contributed by atoms with Crippen LogP contribution in [-0.2, 0) is 16.0 Å². The molecule has 1 amide bonds. The zero-order valence-corrected chi connectivity index (χ0v) is 18.5. The van der Waals surface area contributed by atoms with Crippen molar-refractivity contribution in [1.82, 2.24) is 10.2 Å². The number of benzene rings is 1. The number of carbonyl (C=O) groups excluding carboxylic acids is 1. The van der Waals surface area contributed by atoms with Gasteiger partial charge in [-0.25, -0.2) is 0 Å². The standard InChI is InChI=1S/C23H38N2O5/c1-4-17(2)21(26)14-24-15-22(27)18(3)13-19-5-7-20(8-6-19)30-16-23(28)25-9-11-29-12-10-25/h5-8,17-18,21-22,24,26-27H,4,9-16H2,1-3H3/t17-,18?,21+,22+/m0/s1. The first-order valence-electron chi connectivity index (χ1n) is 11.0. The van der Waals surface area contributed by atoms with E-state index in [2.05, 4.69) is 12.2 Å². The Labute approximate surface area is 180 Å². The van der Waals surface area contributed by atoms with Crippen LogP contribution in [0.4, 0.5) is 0 Å². The lowest BCUT2D eigenvalue weighted by molar-refractivity contribution is -0.137. The molecule has 1 fully saturated rings. The molecule has 1 aliphatic rings. The largest absolute Gasteiger partial charge is 0.484 e. The van der Waals surface area contributed by atoms with Gasteiger partial charge in [-0.15, -0.1) is 0 Å². The summed E-state index contributed by atoms with van der Waals surface area (Å²) in [6, 6.07) is 7.67. The van der Waals surface area contributed by atoms with Crippen molar-refractivity contribution in [2.45, 2.75) is 45.8 Å². The summed E-state index contributed by atoms with van der Waals surface area (Å²) < 4.78 is 10.9. The number of aliphatic hydroxyl groups excluding tert-OH is 2. The summed E-state index contributed by atoms with van der Waals surface area (Å²) in [5.74, 6) is 0.962. The van der Waals surface area contributed by atoms with E-state index in [9.17, 15) is 15.0 Å². The molecule has 1 aromatic rings.